The molecule has 1 aromatic heterocycles. The zero-order valence-electron chi connectivity index (χ0n) is 10.7. The highest BCUT2D eigenvalue weighted by Crippen LogP contribution is 2.08. The Morgan fingerprint density at radius 3 is 2.78 bits per heavy atom. The number of amides is 1. The highest BCUT2D eigenvalue weighted by molar-refractivity contribution is 5.88. The van der Waals surface area contributed by atoms with Crippen molar-refractivity contribution in [2.75, 3.05) is 19.0 Å². The molecule has 0 saturated carbocycles. The van der Waals surface area contributed by atoms with Crippen LogP contribution in [-0.4, -0.2) is 36.6 Å². The van der Waals surface area contributed by atoms with Gasteiger partial charge in [-0.3, -0.25) is 4.79 Å². The molecule has 6 heteroatoms. The Bertz CT molecular complexity index is 432. The van der Waals surface area contributed by atoms with Crippen molar-refractivity contribution < 1.29 is 14.3 Å². The molecule has 1 heterocycles. The third-order valence-corrected chi connectivity index (χ3v) is 2.06. The Morgan fingerprint density at radius 1 is 1.44 bits per heavy atom. The van der Waals surface area contributed by atoms with Crippen molar-refractivity contribution in [3.63, 3.8) is 0 Å². The van der Waals surface area contributed by atoms with Crippen LogP contribution in [0.3, 0.4) is 0 Å². The maximum atomic E-state index is 11.4. The summed E-state index contributed by atoms with van der Waals surface area (Å²) in [4.78, 5) is 26.5. The summed E-state index contributed by atoms with van der Waals surface area (Å²) in [6.45, 7) is 3.92. The van der Waals surface area contributed by atoms with Gasteiger partial charge in [-0.25, -0.2) is 9.78 Å². The van der Waals surface area contributed by atoms with Crippen molar-refractivity contribution in [3.05, 3.63) is 24.0 Å². The number of hydrogen-bond donors (Lipinski definition) is 2. The van der Waals surface area contributed by atoms with Gasteiger partial charge in [-0.05, 0) is 26.0 Å². The number of ether oxygens (including phenoxy) is 1. The normalized spacial score (nSPS) is 10.0. The highest BCUT2D eigenvalue weighted by atomic mass is 16.5. The lowest BCUT2D eigenvalue weighted by molar-refractivity contribution is -0.119. The quantitative estimate of drug-likeness (QED) is 0.757. The van der Waals surface area contributed by atoms with E-state index in [1.54, 1.807) is 6.07 Å². The molecule has 6 nitrogen and oxygen atoms in total. The number of hydrogen-bond acceptors (Lipinski definition) is 5. The van der Waals surface area contributed by atoms with Crippen molar-refractivity contribution in [1.82, 2.24) is 10.3 Å². The van der Waals surface area contributed by atoms with Crippen LogP contribution < -0.4 is 10.6 Å². The molecule has 1 rings (SSSR count). The van der Waals surface area contributed by atoms with Gasteiger partial charge < -0.3 is 15.4 Å². The van der Waals surface area contributed by atoms with Crippen LogP contribution in [0.15, 0.2) is 18.3 Å². The summed E-state index contributed by atoms with van der Waals surface area (Å²) >= 11 is 0. The minimum atomic E-state index is -0.509. The van der Waals surface area contributed by atoms with Crippen LogP contribution in [-0.2, 0) is 9.53 Å². The minimum Gasteiger partial charge on any atom is -0.464 e. The number of nitrogens with one attached hydrogen (secondary N) is 2. The van der Waals surface area contributed by atoms with E-state index in [1.165, 1.54) is 19.4 Å². The van der Waals surface area contributed by atoms with Crippen molar-refractivity contribution >= 4 is 17.6 Å². The molecule has 1 amide bonds. The van der Waals surface area contributed by atoms with E-state index in [-0.39, 0.29) is 24.2 Å². The second-order valence-corrected chi connectivity index (χ2v) is 4.00. The fourth-order valence-electron chi connectivity index (χ4n) is 1.31. The van der Waals surface area contributed by atoms with Gasteiger partial charge >= 0.3 is 5.97 Å². The van der Waals surface area contributed by atoms with Gasteiger partial charge in [0.25, 0.3) is 0 Å². The van der Waals surface area contributed by atoms with E-state index in [0.29, 0.717) is 5.69 Å². The van der Waals surface area contributed by atoms with Gasteiger partial charge in [-0.15, -0.1) is 0 Å². The van der Waals surface area contributed by atoms with E-state index in [9.17, 15) is 9.59 Å². The van der Waals surface area contributed by atoms with E-state index in [1.807, 2.05) is 13.8 Å². The van der Waals surface area contributed by atoms with Gasteiger partial charge in [-0.1, -0.05) is 0 Å². The molecule has 0 aromatic carbocycles. The first-order valence-corrected chi connectivity index (χ1v) is 5.60. The first-order valence-electron chi connectivity index (χ1n) is 5.60. The predicted molar refractivity (Wildman–Crippen MR) is 67.3 cm³/mol. The fourth-order valence-corrected chi connectivity index (χ4v) is 1.31. The van der Waals surface area contributed by atoms with Crippen molar-refractivity contribution in [1.29, 1.82) is 0 Å². The summed E-state index contributed by atoms with van der Waals surface area (Å²) < 4.78 is 4.56. The first-order chi connectivity index (χ1) is 8.52. The summed E-state index contributed by atoms with van der Waals surface area (Å²) in [7, 11) is 1.29. The van der Waals surface area contributed by atoms with Gasteiger partial charge in [0.15, 0.2) is 0 Å². The van der Waals surface area contributed by atoms with Gasteiger partial charge in [-0.2, -0.15) is 0 Å². The average molecular weight is 251 g/mol. The number of rotatable bonds is 5. The van der Waals surface area contributed by atoms with E-state index in [4.69, 9.17) is 0 Å². The second kappa shape index (κ2) is 6.58. The molecule has 0 atom stereocenters. The largest absolute Gasteiger partial charge is 0.464 e. The molecule has 18 heavy (non-hydrogen) atoms. The lowest BCUT2D eigenvalue weighted by Gasteiger charge is -2.10. The van der Waals surface area contributed by atoms with E-state index < -0.39 is 5.97 Å². The molecule has 0 bridgehead atoms. The van der Waals surface area contributed by atoms with Crippen molar-refractivity contribution in [2.24, 2.45) is 0 Å². The number of methoxy groups -OCH3 is 1. The third-order valence-electron chi connectivity index (χ3n) is 2.06. The SMILES string of the molecule is COC(=O)c1cc(NCC(=O)NC(C)C)ccn1. The smallest absolute Gasteiger partial charge is 0.356 e. The van der Waals surface area contributed by atoms with Gasteiger partial charge in [0, 0.05) is 17.9 Å². The van der Waals surface area contributed by atoms with Crippen molar-refractivity contribution in [2.45, 2.75) is 19.9 Å². The molecule has 2 N–H and O–H groups in total. The molecule has 0 aliphatic rings. The third kappa shape index (κ3) is 4.40. The maximum absolute atomic E-state index is 11.4. The molecule has 0 saturated heterocycles. The Labute approximate surface area is 106 Å². The molecular weight excluding hydrogens is 234 g/mol. The maximum Gasteiger partial charge on any atom is 0.356 e. The summed E-state index contributed by atoms with van der Waals surface area (Å²) in [6.07, 6.45) is 1.48. The lowest BCUT2D eigenvalue weighted by atomic mass is 10.3. The molecule has 1 aromatic rings. The number of aromatic nitrogens is 1. The second-order valence-electron chi connectivity index (χ2n) is 4.00. The monoisotopic (exact) mass is 251 g/mol. The molecule has 0 aliphatic carbocycles. The zero-order valence-corrected chi connectivity index (χ0v) is 10.7. The molecule has 0 aliphatic heterocycles. The Kier molecular flexibility index (Phi) is 5.10. The van der Waals surface area contributed by atoms with Crippen LogP contribution in [0.2, 0.25) is 0 Å². The summed E-state index contributed by atoms with van der Waals surface area (Å²) in [5, 5.41) is 5.66. The molecule has 98 valence electrons. The van der Waals surface area contributed by atoms with Crippen molar-refractivity contribution in [3.8, 4) is 0 Å². The topological polar surface area (TPSA) is 80.3 Å². The summed E-state index contributed by atoms with van der Waals surface area (Å²) in [5.74, 6) is -0.619. The Balaban J connectivity index is 2.57. The first kappa shape index (κ1) is 14.0. The van der Waals surface area contributed by atoms with E-state index in [0.717, 1.165) is 0 Å². The van der Waals surface area contributed by atoms with Crippen LogP contribution in [0.4, 0.5) is 5.69 Å². The molecule has 0 radical (unpaired) electrons. The van der Waals surface area contributed by atoms with Crippen LogP contribution >= 0.6 is 0 Å². The Hall–Kier alpha value is -2.11. The molecule has 0 spiro atoms. The van der Waals surface area contributed by atoms with Crippen LogP contribution in [0.1, 0.15) is 24.3 Å². The lowest BCUT2D eigenvalue weighted by Crippen LogP contribution is -2.34. The fraction of sp³-hybridized carbons (Fsp3) is 0.417. The van der Waals surface area contributed by atoms with E-state index >= 15 is 0 Å². The number of esters is 1. The summed E-state index contributed by atoms with van der Waals surface area (Å²) in [6, 6.07) is 3.31. The van der Waals surface area contributed by atoms with Crippen LogP contribution in [0.25, 0.3) is 0 Å². The highest BCUT2D eigenvalue weighted by Gasteiger charge is 2.08. The minimum absolute atomic E-state index is 0.0994. The zero-order chi connectivity index (χ0) is 13.5. The standard InChI is InChI=1S/C12H17N3O3/c1-8(2)15-11(16)7-14-9-4-5-13-10(6-9)12(17)18-3/h4-6,8H,7H2,1-3H3,(H,13,14)(H,15,16). The number of nitrogens with zero attached hydrogens (tertiary/aromatic N) is 1. The number of anilines is 1. The van der Waals surface area contributed by atoms with Gasteiger partial charge in [0.1, 0.15) is 5.69 Å². The number of carbonyl (C=O) groups excluding carboxylic acids is 2. The number of pyridine rings is 1. The summed E-state index contributed by atoms with van der Waals surface area (Å²) in [5.41, 5.74) is 0.844. The number of carbonyl (C=O) groups is 2. The average Bonchev–Trinajstić information content (AvgIpc) is 2.35. The molecule has 0 unspecified atom stereocenters. The van der Waals surface area contributed by atoms with Gasteiger partial charge in [0.05, 0.1) is 13.7 Å². The Morgan fingerprint density at radius 2 is 2.17 bits per heavy atom. The van der Waals surface area contributed by atoms with Crippen LogP contribution in [0, 0.1) is 0 Å². The van der Waals surface area contributed by atoms with E-state index in [2.05, 4.69) is 20.4 Å². The molecule has 0 fully saturated rings. The van der Waals surface area contributed by atoms with Gasteiger partial charge in [0.2, 0.25) is 5.91 Å². The van der Waals surface area contributed by atoms with Crippen LogP contribution in [0.5, 0.6) is 0 Å². The molecular formula is C12H17N3O3. The predicted octanol–water partition coefficient (Wildman–Crippen LogP) is 0.805.